The van der Waals surface area contributed by atoms with E-state index in [1.54, 1.807) is 4.90 Å². The van der Waals surface area contributed by atoms with Gasteiger partial charge in [-0.2, -0.15) is 0 Å². The molecule has 1 aliphatic heterocycles. The predicted molar refractivity (Wildman–Crippen MR) is 113 cm³/mol. The number of aromatic amines is 1. The second-order valence-corrected chi connectivity index (χ2v) is 7.20. The second kappa shape index (κ2) is 8.40. The number of imidazole rings is 1. The van der Waals surface area contributed by atoms with Crippen molar-refractivity contribution in [2.24, 2.45) is 0 Å². The first kappa shape index (κ1) is 19.1. The zero-order valence-electron chi connectivity index (χ0n) is 15.7. The van der Waals surface area contributed by atoms with Crippen LogP contribution < -0.4 is 15.5 Å². The Hall–Kier alpha value is -3.26. The summed E-state index contributed by atoms with van der Waals surface area (Å²) in [6.07, 6.45) is 0. The first-order valence-electron chi connectivity index (χ1n) is 9.36. The number of hydrogen-bond donors (Lipinski definition) is 3. The fourth-order valence-electron chi connectivity index (χ4n) is 3.28. The van der Waals surface area contributed by atoms with Gasteiger partial charge in [0.2, 0.25) is 11.9 Å². The van der Waals surface area contributed by atoms with E-state index in [1.165, 1.54) is 0 Å². The van der Waals surface area contributed by atoms with Crippen LogP contribution in [-0.2, 0) is 4.79 Å². The standard InChI is InChI=1S/C20H21ClN6O2/c21-14-5-7-15(8-6-14)26-9-11-27(12-10-26)20(29)22-13-18(28)25-19-23-16-3-1-2-4-17(16)24-19/h1-8H,9-13H2,(H,22,29)(H2,23,24,25,28). The molecular weight excluding hydrogens is 392 g/mol. The molecule has 3 amide bonds. The zero-order valence-corrected chi connectivity index (χ0v) is 16.4. The highest BCUT2D eigenvalue weighted by Gasteiger charge is 2.21. The van der Waals surface area contributed by atoms with E-state index >= 15 is 0 Å². The van der Waals surface area contributed by atoms with Gasteiger partial charge in [-0.15, -0.1) is 0 Å². The molecule has 3 N–H and O–H groups in total. The number of carbonyl (C=O) groups excluding carboxylic acids is 2. The van der Waals surface area contributed by atoms with Crippen LogP contribution in [0.4, 0.5) is 16.4 Å². The number of piperazine rings is 1. The number of H-pyrrole nitrogens is 1. The van der Waals surface area contributed by atoms with Crippen LogP contribution in [0.1, 0.15) is 0 Å². The monoisotopic (exact) mass is 412 g/mol. The Kier molecular flexibility index (Phi) is 5.53. The number of anilines is 2. The molecule has 1 aromatic heterocycles. The molecular formula is C20H21ClN6O2. The highest BCUT2D eigenvalue weighted by molar-refractivity contribution is 6.30. The Morgan fingerprint density at radius 3 is 2.48 bits per heavy atom. The zero-order chi connectivity index (χ0) is 20.2. The van der Waals surface area contributed by atoms with E-state index in [4.69, 9.17) is 11.6 Å². The normalized spacial score (nSPS) is 14.1. The topological polar surface area (TPSA) is 93.4 Å². The van der Waals surface area contributed by atoms with Crippen molar-refractivity contribution in [1.29, 1.82) is 0 Å². The minimum atomic E-state index is -0.336. The number of aromatic nitrogens is 2. The summed E-state index contributed by atoms with van der Waals surface area (Å²) in [5, 5.41) is 6.03. The first-order valence-corrected chi connectivity index (χ1v) is 9.74. The second-order valence-electron chi connectivity index (χ2n) is 6.76. The van der Waals surface area contributed by atoms with Crippen molar-refractivity contribution in [3.8, 4) is 0 Å². The lowest BCUT2D eigenvalue weighted by Gasteiger charge is -2.36. The summed E-state index contributed by atoms with van der Waals surface area (Å²) in [5.41, 5.74) is 2.69. The van der Waals surface area contributed by atoms with E-state index in [-0.39, 0.29) is 18.5 Å². The summed E-state index contributed by atoms with van der Waals surface area (Å²) >= 11 is 5.93. The van der Waals surface area contributed by atoms with Gasteiger partial charge in [-0.25, -0.2) is 9.78 Å². The number of hydrogen-bond acceptors (Lipinski definition) is 4. The van der Waals surface area contributed by atoms with Gasteiger partial charge in [0.25, 0.3) is 0 Å². The molecule has 0 aliphatic carbocycles. The minimum absolute atomic E-state index is 0.118. The van der Waals surface area contributed by atoms with E-state index < -0.39 is 0 Å². The molecule has 1 aliphatic rings. The number of fused-ring (bicyclic) bond motifs is 1. The van der Waals surface area contributed by atoms with Gasteiger partial charge in [0.15, 0.2) is 0 Å². The molecule has 2 heterocycles. The molecule has 0 unspecified atom stereocenters. The minimum Gasteiger partial charge on any atom is -0.368 e. The van der Waals surface area contributed by atoms with Gasteiger partial charge in [-0.3, -0.25) is 10.1 Å². The van der Waals surface area contributed by atoms with Gasteiger partial charge in [-0.1, -0.05) is 23.7 Å². The van der Waals surface area contributed by atoms with Crippen LogP contribution in [0.3, 0.4) is 0 Å². The number of nitrogens with zero attached hydrogens (tertiary/aromatic N) is 3. The van der Waals surface area contributed by atoms with Crippen LogP contribution >= 0.6 is 11.6 Å². The molecule has 0 saturated carbocycles. The number of benzene rings is 2. The van der Waals surface area contributed by atoms with Gasteiger partial charge in [0.05, 0.1) is 17.6 Å². The van der Waals surface area contributed by atoms with Crippen LogP contribution in [0, 0.1) is 0 Å². The summed E-state index contributed by atoms with van der Waals surface area (Å²) in [6, 6.07) is 14.9. The fraction of sp³-hybridized carbons (Fsp3) is 0.250. The third-order valence-electron chi connectivity index (χ3n) is 4.81. The largest absolute Gasteiger partial charge is 0.368 e. The third-order valence-corrected chi connectivity index (χ3v) is 5.06. The van der Waals surface area contributed by atoms with Crippen LogP contribution in [0.2, 0.25) is 5.02 Å². The number of nitrogens with one attached hydrogen (secondary N) is 3. The molecule has 0 spiro atoms. The molecule has 4 rings (SSSR count). The molecule has 3 aromatic rings. The van der Waals surface area contributed by atoms with Crippen molar-refractivity contribution in [2.75, 3.05) is 42.9 Å². The molecule has 0 radical (unpaired) electrons. The van der Waals surface area contributed by atoms with E-state index in [9.17, 15) is 9.59 Å². The Balaban J connectivity index is 1.23. The van der Waals surface area contributed by atoms with Crippen LogP contribution in [0.5, 0.6) is 0 Å². The molecule has 2 aromatic carbocycles. The number of amides is 3. The Morgan fingerprint density at radius 1 is 1.03 bits per heavy atom. The maximum atomic E-state index is 12.4. The van der Waals surface area contributed by atoms with Crippen LogP contribution in [0.25, 0.3) is 11.0 Å². The summed E-state index contributed by atoms with van der Waals surface area (Å²) < 4.78 is 0. The maximum Gasteiger partial charge on any atom is 0.317 e. The van der Waals surface area contributed by atoms with E-state index in [0.29, 0.717) is 24.1 Å². The smallest absolute Gasteiger partial charge is 0.317 e. The predicted octanol–water partition coefficient (Wildman–Crippen LogP) is 2.69. The summed E-state index contributed by atoms with van der Waals surface area (Å²) in [4.78, 5) is 35.7. The van der Waals surface area contributed by atoms with Crippen molar-refractivity contribution >= 4 is 46.2 Å². The van der Waals surface area contributed by atoms with Gasteiger partial charge in [0.1, 0.15) is 0 Å². The van der Waals surface area contributed by atoms with Crippen molar-refractivity contribution in [3.63, 3.8) is 0 Å². The number of para-hydroxylation sites is 2. The molecule has 8 nitrogen and oxygen atoms in total. The number of halogens is 1. The van der Waals surface area contributed by atoms with Gasteiger partial charge >= 0.3 is 6.03 Å². The van der Waals surface area contributed by atoms with E-state index in [2.05, 4.69) is 25.5 Å². The van der Waals surface area contributed by atoms with Crippen molar-refractivity contribution in [1.82, 2.24) is 20.2 Å². The first-order chi connectivity index (χ1) is 14.1. The maximum absolute atomic E-state index is 12.4. The Labute approximate surface area is 172 Å². The van der Waals surface area contributed by atoms with Crippen molar-refractivity contribution in [3.05, 3.63) is 53.6 Å². The molecule has 0 atom stereocenters. The lowest BCUT2D eigenvalue weighted by molar-refractivity contribution is -0.115. The number of urea groups is 1. The lowest BCUT2D eigenvalue weighted by Crippen LogP contribution is -2.52. The molecule has 150 valence electrons. The Bertz CT molecular complexity index is 978. The molecule has 1 saturated heterocycles. The van der Waals surface area contributed by atoms with Crippen LogP contribution in [-0.4, -0.2) is 59.5 Å². The molecule has 29 heavy (non-hydrogen) atoms. The quantitative estimate of drug-likeness (QED) is 0.614. The number of rotatable bonds is 4. The lowest BCUT2D eigenvalue weighted by atomic mass is 10.2. The fourth-order valence-corrected chi connectivity index (χ4v) is 3.40. The molecule has 1 fully saturated rings. The average Bonchev–Trinajstić information content (AvgIpc) is 3.15. The van der Waals surface area contributed by atoms with Crippen molar-refractivity contribution < 1.29 is 9.59 Å². The summed E-state index contributed by atoms with van der Waals surface area (Å²) in [5.74, 6) is 0.0271. The molecule has 9 heteroatoms. The summed E-state index contributed by atoms with van der Waals surface area (Å²) in [7, 11) is 0. The Morgan fingerprint density at radius 2 is 1.76 bits per heavy atom. The van der Waals surface area contributed by atoms with E-state index in [1.807, 2.05) is 48.5 Å². The SMILES string of the molecule is O=C(CNC(=O)N1CCN(c2ccc(Cl)cc2)CC1)Nc1nc2ccccc2[nH]1. The molecule has 0 bridgehead atoms. The van der Waals surface area contributed by atoms with Gasteiger partial charge in [0, 0.05) is 36.9 Å². The van der Waals surface area contributed by atoms with Gasteiger partial charge < -0.3 is 20.1 Å². The van der Waals surface area contributed by atoms with Crippen molar-refractivity contribution in [2.45, 2.75) is 0 Å². The summed E-state index contributed by atoms with van der Waals surface area (Å²) in [6.45, 7) is 2.49. The highest BCUT2D eigenvalue weighted by atomic mass is 35.5. The van der Waals surface area contributed by atoms with E-state index in [0.717, 1.165) is 29.8 Å². The van der Waals surface area contributed by atoms with Gasteiger partial charge in [-0.05, 0) is 36.4 Å². The highest BCUT2D eigenvalue weighted by Crippen LogP contribution is 2.19. The average molecular weight is 413 g/mol. The number of carbonyl (C=O) groups is 2. The van der Waals surface area contributed by atoms with Crippen LogP contribution in [0.15, 0.2) is 48.5 Å². The third kappa shape index (κ3) is 4.60.